The molecule has 6 nitrogen and oxygen atoms in total. The molecular weight excluding hydrogens is 412 g/mol. The first-order valence-corrected chi connectivity index (χ1v) is 12.0. The van der Waals surface area contributed by atoms with Crippen molar-refractivity contribution in [1.29, 1.82) is 0 Å². The van der Waals surface area contributed by atoms with E-state index in [1.54, 1.807) is 7.11 Å². The third-order valence-corrected chi connectivity index (χ3v) is 8.15. The topological polar surface area (TPSA) is 75.7 Å². The van der Waals surface area contributed by atoms with Crippen molar-refractivity contribution in [3.63, 3.8) is 0 Å². The Bertz CT molecular complexity index is 1060. The number of benzene rings is 2. The van der Waals surface area contributed by atoms with Gasteiger partial charge in [-0.1, -0.05) is 29.8 Å². The van der Waals surface area contributed by atoms with Gasteiger partial charge in [-0.05, 0) is 69.4 Å². The Labute approximate surface area is 185 Å². The minimum Gasteiger partial charge on any atom is -0.497 e. The Balaban J connectivity index is 1.77. The van der Waals surface area contributed by atoms with E-state index in [4.69, 9.17) is 4.74 Å². The van der Waals surface area contributed by atoms with Crippen LogP contribution in [0.2, 0.25) is 0 Å². The van der Waals surface area contributed by atoms with Gasteiger partial charge >= 0.3 is 0 Å². The van der Waals surface area contributed by atoms with E-state index in [9.17, 15) is 13.2 Å². The number of carbonyl (C=O) groups excluding carboxylic acids is 1. The first-order chi connectivity index (χ1) is 14.6. The highest BCUT2D eigenvalue weighted by atomic mass is 32.2. The molecule has 2 aromatic rings. The largest absolute Gasteiger partial charge is 0.497 e. The maximum atomic E-state index is 13.5. The molecule has 1 atom stereocenters. The summed E-state index contributed by atoms with van der Waals surface area (Å²) in [5, 5.41) is 2.99. The molecule has 0 saturated carbocycles. The second-order valence-electron chi connectivity index (χ2n) is 8.76. The molecule has 1 aliphatic rings. The predicted molar refractivity (Wildman–Crippen MR) is 122 cm³/mol. The number of nitrogens with zero attached hydrogens (tertiary/aromatic N) is 1. The highest BCUT2D eigenvalue weighted by Crippen LogP contribution is 2.34. The second-order valence-corrected chi connectivity index (χ2v) is 10.6. The summed E-state index contributed by atoms with van der Waals surface area (Å²) in [6.45, 7) is 8.44. The molecule has 168 valence electrons. The summed E-state index contributed by atoms with van der Waals surface area (Å²) in [7, 11) is -2.08. The molecule has 31 heavy (non-hydrogen) atoms. The van der Waals surface area contributed by atoms with Crippen LogP contribution in [0.15, 0.2) is 41.3 Å². The lowest BCUT2D eigenvalue weighted by Gasteiger charge is -2.39. The van der Waals surface area contributed by atoms with E-state index < -0.39 is 15.4 Å². The first-order valence-electron chi connectivity index (χ1n) is 10.6. The molecule has 1 aliphatic heterocycles. The fraction of sp³-hybridized carbons (Fsp3) is 0.458. The Morgan fingerprint density at radius 1 is 1.16 bits per heavy atom. The zero-order chi connectivity index (χ0) is 22.8. The number of piperidine rings is 1. The number of aryl methyl sites for hydroxylation is 3. The van der Waals surface area contributed by atoms with E-state index >= 15 is 0 Å². The third-order valence-electron chi connectivity index (χ3n) is 6.00. The molecule has 0 aliphatic carbocycles. The minimum atomic E-state index is -3.68. The van der Waals surface area contributed by atoms with Crippen molar-refractivity contribution in [2.45, 2.75) is 52.0 Å². The molecule has 0 bridgehead atoms. The number of sulfonamides is 1. The number of methoxy groups -OCH3 is 1. The van der Waals surface area contributed by atoms with Crippen LogP contribution in [-0.2, 0) is 21.4 Å². The van der Waals surface area contributed by atoms with Gasteiger partial charge in [-0.3, -0.25) is 4.79 Å². The van der Waals surface area contributed by atoms with Gasteiger partial charge in [-0.15, -0.1) is 0 Å². The Morgan fingerprint density at radius 3 is 2.48 bits per heavy atom. The zero-order valence-corrected chi connectivity index (χ0v) is 19.8. The van der Waals surface area contributed by atoms with E-state index in [2.05, 4.69) is 5.32 Å². The number of nitrogens with one attached hydrogen (secondary N) is 1. The van der Waals surface area contributed by atoms with Crippen LogP contribution in [0.4, 0.5) is 0 Å². The molecule has 0 radical (unpaired) electrons. The van der Waals surface area contributed by atoms with Crippen LogP contribution in [0.5, 0.6) is 5.75 Å². The Kier molecular flexibility index (Phi) is 6.76. The number of carbonyl (C=O) groups is 1. The summed E-state index contributed by atoms with van der Waals surface area (Å²) in [6.07, 6.45) is 1.29. The zero-order valence-electron chi connectivity index (χ0n) is 19.0. The summed E-state index contributed by atoms with van der Waals surface area (Å²) in [5.41, 5.74) is 2.67. The normalized spacial score (nSPS) is 19.8. The van der Waals surface area contributed by atoms with Crippen LogP contribution in [-0.4, -0.2) is 38.8 Å². The van der Waals surface area contributed by atoms with Gasteiger partial charge in [0.1, 0.15) is 5.75 Å². The van der Waals surface area contributed by atoms with Crippen molar-refractivity contribution in [1.82, 2.24) is 9.62 Å². The molecular formula is C24H32N2O4S. The lowest BCUT2D eigenvalue weighted by atomic mass is 9.82. The number of hydrogen-bond donors (Lipinski definition) is 1. The summed E-state index contributed by atoms with van der Waals surface area (Å²) in [4.78, 5) is 13.4. The van der Waals surface area contributed by atoms with E-state index in [1.165, 1.54) is 4.31 Å². The predicted octanol–water partition coefficient (Wildman–Crippen LogP) is 3.73. The standard InChI is InChI=1S/C24H32N2O4S/c1-17-12-18(2)22(19(3)13-17)31(28,29)26-11-7-10-24(4,16-26)23(27)25-15-20-8-6-9-21(14-20)30-5/h6,8-9,12-14H,7,10-11,15-16H2,1-5H3,(H,25,27)/t24-/m0/s1. The first kappa shape index (κ1) is 23.3. The molecule has 1 amide bonds. The van der Waals surface area contributed by atoms with E-state index in [0.29, 0.717) is 30.8 Å². The summed E-state index contributed by atoms with van der Waals surface area (Å²) in [5.74, 6) is 0.601. The molecule has 1 saturated heterocycles. The summed E-state index contributed by atoms with van der Waals surface area (Å²) >= 11 is 0. The van der Waals surface area contributed by atoms with E-state index in [1.807, 2.05) is 64.1 Å². The fourth-order valence-electron chi connectivity index (χ4n) is 4.46. The number of amides is 1. The highest BCUT2D eigenvalue weighted by Gasteiger charge is 2.42. The van der Waals surface area contributed by atoms with Crippen molar-refractivity contribution in [2.75, 3.05) is 20.2 Å². The van der Waals surface area contributed by atoms with Gasteiger partial charge < -0.3 is 10.1 Å². The summed E-state index contributed by atoms with van der Waals surface area (Å²) < 4.78 is 33.7. The minimum absolute atomic E-state index is 0.132. The molecule has 0 aromatic heterocycles. The molecule has 0 unspecified atom stereocenters. The third kappa shape index (κ3) is 4.93. The smallest absolute Gasteiger partial charge is 0.243 e. The molecule has 3 rings (SSSR count). The molecule has 1 N–H and O–H groups in total. The van der Waals surface area contributed by atoms with Gasteiger partial charge in [-0.2, -0.15) is 4.31 Å². The SMILES string of the molecule is COc1cccc(CNC(=O)[C@@]2(C)CCCN(S(=O)(=O)c3c(C)cc(C)cc3C)C2)c1. The Hall–Kier alpha value is -2.38. The van der Waals surface area contributed by atoms with Gasteiger partial charge in [0.15, 0.2) is 0 Å². The monoisotopic (exact) mass is 444 g/mol. The average molecular weight is 445 g/mol. The lowest BCUT2D eigenvalue weighted by molar-refractivity contribution is -0.132. The molecule has 2 aromatic carbocycles. The van der Waals surface area contributed by atoms with Gasteiger partial charge in [0, 0.05) is 19.6 Å². The molecule has 1 fully saturated rings. The van der Waals surface area contributed by atoms with Crippen molar-refractivity contribution >= 4 is 15.9 Å². The number of ether oxygens (including phenoxy) is 1. The number of hydrogen-bond acceptors (Lipinski definition) is 4. The molecule has 0 spiro atoms. The lowest BCUT2D eigenvalue weighted by Crippen LogP contribution is -2.51. The maximum absolute atomic E-state index is 13.5. The van der Waals surface area contributed by atoms with Crippen molar-refractivity contribution in [3.05, 3.63) is 58.7 Å². The second kappa shape index (κ2) is 9.01. The quantitative estimate of drug-likeness (QED) is 0.737. The van der Waals surface area contributed by atoms with Crippen LogP contribution in [0.3, 0.4) is 0 Å². The van der Waals surface area contributed by atoms with Gasteiger partial charge in [0.25, 0.3) is 0 Å². The van der Waals surface area contributed by atoms with Crippen LogP contribution in [0, 0.1) is 26.2 Å². The molecule has 7 heteroatoms. The van der Waals surface area contributed by atoms with Crippen LogP contribution in [0.1, 0.15) is 42.0 Å². The van der Waals surface area contributed by atoms with Gasteiger partial charge in [0.05, 0.1) is 17.4 Å². The van der Waals surface area contributed by atoms with Gasteiger partial charge in [-0.25, -0.2) is 8.42 Å². The maximum Gasteiger partial charge on any atom is 0.243 e. The van der Waals surface area contributed by atoms with E-state index in [-0.39, 0.29) is 12.5 Å². The average Bonchev–Trinajstić information content (AvgIpc) is 2.71. The van der Waals surface area contributed by atoms with Gasteiger partial charge in [0.2, 0.25) is 15.9 Å². The number of rotatable bonds is 6. The fourth-order valence-corrected chi connectivity index (χ4v) is 6.48. The van der Waals surface area contributed by atoms with Crippen molar-refractivity contribution in [2.24, 2.45) is 5.41 Å². The molecule has 1 heterocycles. The Morgan fingerprint density at radius 2 is 1.84 bits per heavy atom. The van der Waals surface area contributed by atoms with Crippen LogP contribution >= 0.6 is 0 Å². The summed E-state index contributed by atoms with van der Waals surface area (Å²) in [6, 6.07) is 11.3. The van der Waals surface area contributed by atoms with Crippen LogP contribution < -0.4 is 10.1 Å². The highest BCUT2D eigenvalue weighted by molar-refractivity contribution is 7.89. The van der Waals surface area contributed by atoms with Crippen molar-refractivity contribution in [3.8, 4) is 5.75 Å². The van der Waals surface area contributed by atoms with Crippen LogP contribution in [0.25, 0.3) is 0 Å². The van der Waals surface area contributed by atoms with Crippen molar-refractivity contribution < 1.29 is 17.9 Å². The van der Waals surface area contributed by atoms with E-state index in [0.717, 1.165) is 28.0 Å².